The Morgan fingerprint density at radius 3 is 1.27 bits per heavy atom. The molecule has 0 rings (SSSR count). The number of unbranched alkanes of at least 4 members (excludes halogenated alkanes) is 27. The van der Waals surface area contributed by atoms with Crippen LogP contribution in [0.25, 0.3) is 0 Å². The van der Waals surface area contributed by atoms with Gasteiger partial charge in [-0.25, -0.2) is 0 Å². The fourth-order valence-corrected chi connectivity index (χ4v) is 6.22. The molecule has 0 aromatic rings. The minimum absolute atomic E-state index is 0.0671. The molecule has 0 aliphatic carbocycles. The number of aliphatic hydroxyl groups excluding tert-OH is 1. The monoisotopic (exact) mass is 691 g/mol. The van der Waals surface area contributed by atoms with Crippen molar-refractivity contribution in [2.45, 2.75) is 232 Å². The van der Waals surface area contributed by atoms with Crippen LogP contribution >= 0.6 is 0 Å². The van der Waals surface area contributed by atoms with Gasteiger partial charge in [0.1, 0.15) is 6.61 Å². The first kappa shape index (κ1) is 47.4. The van der Waals surface area contributed by atoms with Gasteiger partial charge in [-0.05, 0) is 38.5 Å². The molecule has 0 amide bonds. The molecule has 0 spiro atoms. The third-order valence-corrected chi connectivity index (χ3v) is 9.50. The largest absolute Gasteiger partial charge is 0.462 e. The molecule has 1 unspecified atom stereocenters. The lowest BCUT2D eigenvalue weighted by molar-refractivity contribution is -0.161. The molecular formula is C44H82O5. The van der Waals surface area contributed by atoms with E-state index < -0.39 is 6.10 Å². The lowest BCUT2D eigenvalue weighted by atomic mass is 10.0. The van der Waals surface area contributed by atoms with Gasteiger partial charge in [0, 0.05) is 12.8 Å². The van der Waals surface area contributed by atoms with Crippen molar-refractivity contribution in [1.82, 2.24) is 0 Å². The van der Waals surface area contributed by atoms with Crippen LogP contribution in [-0.2, 0) is 19.1 Å². The van der Waals surface area contributed by atoms with Crippen molar-refractivity contribution in [3.05, 3.63) is 24.3 Å². The zero-order valence-corrected chi connectivity index (χ0v) is 32.7. The van der Waals surface area contributed by atoms with Gasteiger partial charge >= 0.3 is 11.9 Å². The predicted molar refractivity (Wildman–Crippen MR) is 210 cm³/mol. The number of carbonyl (C=O) groups is 2. The van der Waals surface area contributed by atoms with Gasteiger partial charge < -0.3 is 14.6 Å². The standard InChI is InChI=1S/C44H82O5/c1-3-5-7-9-11-13-15-17-19-20-21-22-23-24-25-27-28-30-32-34-36-38-43(46)48-41-42(40-45)49-44(47)39-37-35-33-31-29-26-18-16-14-12-10-8-6-4-2/h10,12,16,18,42,45H,3-9,11,13-15,17,19-41H2,1-2H3/b12-10-,18-16-. The molecule has 5 nitrogen and oxygen atoms in total. The molecule has 1 atom stereocenters. The highest BCUT2D eigenvalue weighted by Gasteiger charge is 2.16. The zero-order valence-electron chi connectivity index (χ0n) is 32.7. The van der Waals surface area contributed by atoms with Crippen LogP contribution in [0.2, 0.25) is 0 Å². The van der Waals surface area contributed by atoms with Crippen LogP contribution in [0.4, 0.5) is 0 Å². The van der Waals surface area contributed by atoms with E-state index in [1.807, 2.05) is 0 Å². The highest BCUT2D eigenvalue weighted by Crippen LogP contribution is 2.16. The minimum Gasteiger partial charge on any atom is -0.462 e. The van der Waals surface area contributed by atoms with Gasteiger partial charge in [0.15, 0.2) is 6.10 Å². The Balaban J connectivity index is 3.49. The second-order valence-electron chi connectivity index (χ2n) is 14.4. The summed E-state index contributed by atoms with van der Waals surface area (Å²) in [5, 5.41) is 9.56. The van der Waals surface area contributed by atoms with Gasteiger partial charge in [0.05, 0.1) is 6.61 Å². The summed E-state index contributed by atoms with van der Waals surface area (Å²) in [5.41, 5.74) is 0. The van der Waals surface area contributed by atoms with Gasteiger partial charge in [0.25, 0.3) is 0 Å². The lowest BCUT2D eigenvalue weighted by Crippen LogP contribution is -2.28. The molecule has 0 heterocycles. The number of hydrogen-bond acceptors (Lipinski definition) is 5. The first-order valence-electron chi connectivity index (χ1n) is 21.4. The fourth-order valence-electron chi connectivity index (χ4n) is 6.22. The van der Waals surface area contributed by atoms with E-state index in [1.54, 1.807) is 0 Å². The van der Waals surface area contributed by atoms with E-state index >= 15 is 0 Å². The number of esters is 2. The Hall–Kier alpha value is -1.62. The summed E-state index contributed by atoms with van der Waals surface area (Å²) in [6.45, 7) is 4.11. The summed E-state index contributed by atoms with van der Waals surface area (Å²) in [6, 6.07) is 0. The SMILES string of the molecule is CCCC/C=C\C/C=C\CCCCCCCC(=O)OC(CO)COC(=O)CCCCCCCCCCCCCCCCCCCCCCC. The maximum absolute atomic E-state index is 12.2. The summed E-state index contributed by atoms with van der Waals surface area (Å²) < 4.78 is 10.6. The molecule has 0 radical (unpaired) electrons. The van der Waals surface area contributed by atoms with E-state index in [1.165, 1.54) is 148 Å². The minimum atomic E-state index is -0.774. The van der Waals surface area contributed by atoms with Crippen LogP contribution in [0.5, 0.6) is 0 Å². The Morgan fingerprint density at radius 2 is 0.837 bits per heavy atom. The molecule has 288 valence electrons. The summed E-state index contributed by atoms with van der Waals surface area (Å²) in [7, 11) is 0. The highest BCUT2D eigenvalue weighted by molar-refractivity contribution is 5.70. The fraction of sp³-hybridized carbons (Fsp3) is 0.864. The van der Waals surface area contributed by atoms with Crippen molar-refractivity contribution in [3.63, 3.8) is 0 Å². The van der Waals surface area contributed by atoms with E-state index in [4.69, 9.17) is 9.47 Å². The molecule has 0 aliphatic heterocycles. The second-order valence-corrected chi connectivity index (χ2v) is 14.4. The van der Waals surface area contributed by atoms with Crippen LogP contribution in [0.3, 0.4) is 0 Å². The average molecular weight is 691 g/mol. The predicted octanol–water partition coefficient (Wildman–Crippen LogP) is 13.5. The molecule has 0 bridgehead atoms. The maximum atomic E-state index is 12.2. The zero-order chi connectivity index (χ0) is 35.7. The van der Waals surface area contributed by atoms with Crippen LogP contribution in [-0.4, -0.2) is 36.4 Å². The third-order valence-electron chi connectivity index (χ3n) is 9.50. The van der Waals surface area contributed by atoms with Gasteiger partial charge in [-0.2, -0.15) is 0 Å². The third kappa shape index (κ3) is 39.0. The first-order chi connectivity index (χ1) is 24.1. The molecule has 0 aromatic heterocycles. The number of ether oxygens (including phenoxy) is 2. The smallest absolute Gasteiger partial charge is 0.306 e. The molecular weight excluding hydrogens is 608 g/mol. The molecule has 0 fully saturated rings. The molecule has 0 saturated heterocycles. The molecule has 0 aliphatic rings. The average Bonchev–Trinajstić information content (AvgIpc) is 3.10. The highest BCUT2D eigenvalue weighted by atomic mass is 16.6. The quantitative estimate of drug-likeness (QED) is 0.0395. The normalized spacial score (nSPS) is 12.3. The van der Waals surface area contributed by atoms with E-state index in [9.17, 15) is 14.7 Å². The van der Waals surface area contributed by atoms with Gasteiger partial charge in [-0.1, -0.05) is 199 Å². The Morgan fingerprint density at radius 1 is 0.469 bits per heavy atom. The Kier molecular flexibility index (Phi) is 39.5. The molecule has 5 heteroatoms. The van der Waals surface area contributed by atoms with Crippen molar-refractivity contribution in [3.8, 4) is 0 Å². The van der Waals surface area contributed by atoms with Crippen molar-refractivity contribution in [1.29, 1.82) is 0 Å². The first-order valence-corrected chi connectivity index (χ1v) is 21.4. The van der Waals surface area contributed by atoms with E-state index in [-0.39, 0.29) is 25.2 Å². The topological polar surface area (TPSA) is 72.8 Å². The van der Waals surface area contributed by atoms with Crippen molar-refractivity contribution in [2.75, 3.05) is 13.2 Å². The number of carbonyl (C=O) groups excluding carboxylic acids is 2. The van der Waals surface area contributed by atoms with Crippen molar-refractivity contribution in [2.24, 2.45) is 0 Å². The second kappa shape index (κ2) is 40.8. The van der Waals surface area contributed by atoms with E-state index in [0.717, 1.165) is 51.4 Å². The summed E-state index contributed by atoms with van der Waals surface area (Å²) in [6.07, 6.45) is 48.2. The lowest BCUT2D eigenvalue weighted by Gasteiger charge is -2.15. The van der Waals surface area contributed by atoms with E-state index in [2.05, 4.69) is 38.2 Å². The van der Waals surface area contributed by atoms with Crippen LogP contribution < -0.4 is 0 Å². The number of hydrogen-bond donors (Lipinski definition) is 1. The summed E-state index contributed by atoms with van der Waals surface area (Å²) in [4.78, 5) is 24.3. The molecule has 1 N–H and O–H groups in total. The van der Waals surface area contributed by atoms with Gasteiger partial charge in [-0.3, -0.25) is 9.59 Å². The number of allylic oxidation sites excluding steroid dienone is 4. The van der Waals surface area contributed by atoms with Crippen LogP contribution in [0.15, 0.2) is 24.3 Å². The van der Waals surface area contributed by atoms with Crippen molar-refractivity contribution >= 4 is 11.9 Å². The molecule has 0 aromatic carbocycles. The summed E-state index contributed by atoms with van der Waals surface area (Å²) in [5.74, 6) is -0.597. The van der Waals surface area contributed by atoms with Crippen molar-refractivity contribution < 1.29 is 24.2 Å². The maximum Gasteiger partial charge on any atom is 0.306 e. The van der Waals surface area contributed by atoms with Crippen LogP contribution in [0, 0.1) is 0 Å². The number of rotatable bonds is 39. The number of aliphatic hydroxyl groups is 1. The Labute approximate surface area is 304 Å². The molecule has 49 heavy (non-hydrogen) atoms. The van der Waals surface area contributed by atoms with E-state index in [0.29, 0.717) is 12.8 Å². The molecule has 0 saturated carbocycles. The van der Waals surface area contributed by atoms with Gasteiger partial charge in [-0.15, -0.1) is 0 Å². The summed E-state index contributed by atoms with van der Waals surface area (Å²) >= 11 is 0. The van der Waals surface area contributed by atoms with Crippen LogP contribution in [0.1, 0.15) is 226 Å². The van der Waals surface area contributed by atoms with Gasteiger partial charge in [0.2, 0.25) is 0 Å². The Bertz CT molecular complexity index is 746.